The lowest BCUT2D eigenvalue weighted by atomic mass is 10.1. The predicted octanol–water partition coefficient (Wildman–Crippen LogP) is 19.2. The van der Waals surface area contributed by atoms with E-state index in [0.717, 1.165) is 113 Å². The number of hydrogen-bond acceptors (Lipinski definition) is 22. The number of benzene rings is 10. The van der Waals surface area contributed by atoms with E-state index in [-0.39, 0.29) is 53.3 Å². The fraction of sp³-hybridized carbons (Fsp3) is 0.280. The van der Waals surface area contributed by atoms with Crippen molar-refractivity contribution in [2.45, 2.75) is 104 Å². The molecule has 8 N–H and O–H groups in total. The minimum Gasteiger partial charge on any atom is -0.497 e. The van der Waals surface area contributed by atoms with Gasteiger partial charge in [-0.1, -0.05) is 208 Å². The predicted molar refractivity (Wildman–Crippen MR) is 570 cm³/mol. The minimum atomic E-state index is 0.00949. The molecule has 22 nitrogen and oxygen atoms in total. The smallest absolute Gasteiger partial charge is 0.230 e. The van der Waals surface area contributed by atoms with Crippen molar-refractivity contribution < 1.29 is 52.2 Å². The number of likely N-dealkylation sites (N-methyl/N-ethyl adjacent to an activating group) is 2. The highest BCUT2D eigenvalue weighted by atomic mass is 32.2. The molecule has 10 aromatic carbocycles. The van der Waals surface area contributed by atoms with E-state index < -0.39 is 0 Å². The number of thioether (sulfide) groups is 8. The first-order chi connectivity index (χ1) is 66.8. The SMILES string of the molecule is CC(NC(=O)CSc1ccccc1)c1ccccc1.CCN(CC)CCNC(=O)CSc1ccccc1.CN(C)CCNC(=O)CSc1ccccc1.COCCNC(=O)CSc1ccccc1.COc1ccc(CNC(=O)CSc2ccccc2)cc1.O=C(CSc1ccccc1)NC1CC1.O=C(CSc1ccccc1)NCc1cccnc1.O=C(CSc1ccccc1)NCc1ccco1. The maximum atomic E-state index is 11.9. The monoisotopic (exact) mass is 2000 g/mol. The molecular formula is C107H129N11O11S8. The van der Waals surface area contributed by atoms with Gasteiger partial charge in [-0.3, -0.25) is 43.3 Å². The fourth-order valence-electron chi connectivity index (χ4n) is 11.1. The summed E-state index contributed by atoms with van der Waals surface area (Å²) in [5, 5.41) is 23.2. The topological polar surface area (TPSA) is 284 Å². The van der Waals surface area contributed by atoms with Crippen LogP contribution in [0.2, 0.25) is 0 Å². The Morgan fingerprint density at radius 1 is 0.365 bits per heavy atom. The van der Waals surface area contributed by atoms with Crippen LogP contribution in [0.5, 0.6) is 5.75 Å². The van der Waals surface area contributed by atoms with E-state index >= 15 is 0 Å². The lowest BCUT2D eigenvalue weighted by Crippen LogP contribution is -2.35. The largest absolute Gasteiger partial charge is 0.497 e. The molecule has 13 rings (SSSR count). The minimum absolute atomic E-state index is 0.00949. The molecule has 30 heteroatoms. The van der Waals surface area contributed by atoms with Crippen LogP contribution >= 0.6 is 94.1 Å². The quantitative estimate of drug-likeness (QED) is 0.0130. The molecule has 726 valence electrons. The molecule has 0 saturated heterocycles. The number of furan rings is 1. The van der Waals surface area contributed by atoms with Gasteiger partial charge in [0.1, 0.15) is 11.5 Å². The Labute approximate surface area is 843 Å². The van der Waals surface area contributed by atoms with Gasteiger partial charge in [-0.2, -0.15) is 0 Å². The third-order valence-electron chi connectivity index (χ3n) is 18.6. The lowest BCUT2D eigenvalue weighted by Gasteiger charge is -2.17. The van der Waals surface area contributed by atoms with Gasteiger partial charge in [-0.15, -0.1) is 94.1 Å². The second kappa shape index (κ2) is 74.0. The van der Waals surface area contributed by atoms with Crippen molar-refractivity contribution in [1.82, 2.24) is 57.3 Å². The molecule has 0 aliphatic heterocycles. The van der Waals surface area contributed by atoms with E-state index in [1.165, 1.54) is 47.0 Å². The van der Waals surface area contributed by atoms with Crippen molar-refractivity contribution in [1.29, 1.82) is 0 Å². The maximum Gasteiger partial charge on any atom is 0.230 e. The molecule has 8 amide bonds. The average Bonchev–Trinajstić information content (AvgIpc) is 1.89. The number of nitrogens with one attached hydrogen (secondary N) is 8. The van der Waals surface area contributed by atoms with Crippen LogP contribution in [0.15, 0.2) is 384 Å². The Hall–Kier alpha value is -11.1. The number of hydrogen-bond donors (Lipinski definition) is 8. The van der Waals surface area contributed by atoms with Crippen molar-refractivity contribution in [3.63, 3.8) is 0 Å². The molecule has 1 aliphatic rings. The van der Waals surface area contributed by atoms with Gasteiger partial charge in [0.15, 0.2) is 0 Å². The van der Waals surface area contributed by atoms with E-state index in [1.54, 1.807) is 86.0 Å². The van der Waals surface area contributed by atoms with Crippen LogP contribution in [0, 0.1) is 0 Å². The molecule has 0 spiro atoms. The van der Waals surface area contributed by atoms with E-state index in [9.17, 15) is 38.4 Å². The molecule has 2 heterocycles. The van der Waals surface area contributed by atoms with Crippen LogP contribution in [-0.2, 0) is 62.7 Å². The number of rotatable bonds is 45. The summed E-state index contributed by atoms with van der Waals surface area (Å²) in [5.74, 6) is 5.81. The highest BCUT2D eigenvalue weighted by Crippen LogP contribution is 2.25. The molecule has 2 aromatic heterocycles. The molecule has 12 aromatic rings. The maximum absolute atomic E-state index is 11.9. The average molecular weight is 2000 g/mol. The van der Waals surface area contributed by atoms with Crippen LogP contribution in [0.3, 0.4) is 0 Å². The van der Waals surface area contributed by atoms with Crippen LogP contribution in [0.4, 0.5) is 0 Å². The van der Waals surface area contributed by atoms with E-state index in [4.69, 9.17) is 13.9 Å². The number of ether oxygens (including phenoxy) is 2. The number of pyridine rings is 1. The summed E-state index contributed by atoms with van der Waals surface area (Å²) in [6, 6.07) is 105. The summed E-state index contributed by atoms with van der Waals surface area (Å²) in [6.07, 6.45) is 7.38. The van der Waals surface area contributed by atoms with Gasteiger partial charge in [0, 0.05) is 111 Å². The molecular weight excluding hydrogens is 1870 g/mol. The van der Waals surface area contributed by atoms with E-state index in [1.807, 2.05) is 341 Å². The molecule has 1 atom stereocenters. The Morgan fingerprint density at radius 3 is 1.01 bits per heavy atom. The van der Waals surface area contributed by atoms with Crippen LogP contribution in [0.1, 0.15) is 62.1 Å². The Kier molecular flexibility index (Phi) is 61.9. The Balaban J connectivity index is 0.000000241. The van der Waals surface area contributed by atoms with Gasteiger partial charge < -0.3 is 66.2 Å². The van der Waals surface area contributed by atoms with Gasteiger partial charge in [-0.05, 0) is 191 Å². The van der Waals surface area contributed by atoms with E-state index in [0.29, 0.717) is 91.4 Å². The fourth-order valence-corrected chi connectivity index (χ4v) is 17.0. The molecule has 1 aliphatic carbocycles. The van der Waals surface area contributed by atoms with Gasteiger partial charge in [0.2, 0.25) is 47.3 Å². The summed E-state index contributed by atoms with van der Waals surface area (Å²) in [6.45, 7) is 14.2. The molecule has 1 fully saturated rings. The van der Waals surface area contributed by atoms with Gasteiger partial charge in [-0.25, -0.2) is 0 Å². The zero-order valence-corrected chi connectivity index (χ0v) is 85.5. The zero-order valence-electron chi connectivity index (χ0n) is 78.9. The summed E-state index contributed by atoms with van der Waals surface area (Å²) in [4.78, 5) is 110. The number of carbonyl (C=O) groups is 8. The first-order valence-corrected chi connectivity index (χ1v) is 52.8. The second-order valence-electron chi connectivity index (χ2n) is 29.8. The second-order valence-corrected chi connectivity index (χ2v) is 38.2. The van der Waals surface area contributed by atoms with Crippen LogP contribution in [0.25, 0.3) is 0 Å². The zero-order chi connectivity index (χ0) is 98.0. The highest BCUT2D eigenvalue weighted by Gasteiger charge is 2.23. The highest BCUT2D eigenvalue weighted by molar-refractivity contribution is 8.01. The molecule has 137 heavy (non-hydrogen) atoms. The number of aromatic nitrogens is 1. The lowest BCUT2D eigenvalue weighted by molar-refractivity contribution is -0.120. The first kappa shape index (κ1) is 115. The van der Waals surface area contributed by atoms with Crippen molar-refractivity contribution >= 4 is 141 Å². The van der Waals surface area contributed by atoms with Crippen molar-refractivity contribution in [2.24, 2.45) is 0 Å². The standard InChI is InChI=1S/C16H17NO2S.C16H17NOS.C14H14N2OS.C14H22N2OS.C13H13NO2S.C12H18N2OS.C11H15NO2S.C11H13NOS/c1-19-14-9-7-13(8-10-14)11-17-16(18)12-20-15-5-3-2-4-6-15;1-13(14-8-4-2-5-9-14)17-16(18)12-19-15-10-6-3-7-11-15;17-14(11-18-13-6-2-1-3-7-13)16-10-12-5-4-8-15-9-12;1-3-16(4-2)11-10-15-14(17)12-18-13-8-6-5-7-9-13;15-13(14-9-11-5-4-8-16-11)10-17-12-6-2-1-3-7-12;1-14(2)9-8-13-12(15)10-16-11-6-4-3-5-7-11;1-14-8-7-12-11(13)9-15-10-5-3-2-4-6-10;13-11(12-9-6-7-9)8-14-10-4-2-1-3-5-10/h2-10H,11-12H2,1H3,(H,17,18);2-11,13H,12H2,1H3,(H,17,18);1-9H,10-11H2,(H,16,17);5-9H,3-4,10-12H2,1-2H3,(H,15,17);1-8H,9-10H2,(H,14,15);3-7H,8-10H2,1-2H3,(H,13,15);2-6H,7-9H2,1H3,(H,12,13);1-5,9H,6-8H2,(H,12,13). The summed E-state index contributed by atoms with van der Waals surface area (Å²) >= 11 is 12.4. The summed E-state index contributed by atoms with van der Waals surface area (Å²) in [7, 11) is 7.23. The number of amides is 8. The van der Waals surface area contributed by atoms with E-state index in [2.05, 4.69) is 66.3 Å². The Bertz CT molecular complexity index is 5130. The van der Waals surface area contributed by atoms with Crippen molar-refractivity contribution in [2.75, 3.05) is 127 Å². The molecule has 1 unspecified atom stereocenters. The molecule has 0 bridgehead atoms. The van der Waals surface area contributed by atoms with Crippen LogP contribution < -0.4 is 47.3 Å². The summed E-state index contributed by atoms with van der Waals surface area (Å²) in [5.41, 5.74) is 3.19. The van der Waals surface area contributed by atoms with Gasteiger partial charge in [0.25, 0.3) is 0 Å². The van der Waals surface area contributed by atoms with Gasteiger partial charge in [0.05, 0.1) is 78.6 Å². The van der Waals surface area contributed by atoms with Crippen LogP contribution in [-0.4, -0.2) is 195 Å². The third-order valence-corrected chi connectivity index (χ3v) is 26.7. The normalized spacial score (nSPS) is 10.9. The summed E-state index contributed by atoms with van der Waals surface area (Å²) < 4.78 is 15.1. The number of methoxy groups -OCH3 is 2. The number of nitrogens with zero attached hydrogens (tertiary/aromatic N) is 3. The Morgan fingerprint density at radius 2 is 0.693 bits per heavy atom. The first-order valence-electron chi connectivity index (χ1n) is 44.9. The van der Waals surface area contributed by atoms with Crippen molar-refractivity contribution in [3.8, 4) is 5.75 Å². The van der Waals surface area contributed by atoms with Gasteiger partial charge >= 0.3 is 0 Å². The molecule has 0 radical (unpaired) electrons. The third kappa shape index (κ3) is 58.9. The molecule has 1 saturated carbocycles. The number of carbonyl (C=O) groups excluding carboxylic acids is 8. The van der Waals surface area contributed by atoms with Crippen molar-refractivity contribution in [3.05, 3.63) is 363 Å².